The molecule has 0 radical (unpaired) electrons. The van der Waals surface area contributed by atoms with Gasteiger partial charge in [0.1, 0.15) is 17.9 Å². The predicted molar refractivity (Wildman–Crippen MR) is 79.6 cm³/mol. The van der Waals surface area contributed by atoms with Crippen molar-refractivity contribution in [2.75, 3.05) is 6.54 Å². The zero-order valence-corrected chi connectivity index (χ0v) is 12.3. The number of hydrogen-bond donors (Lipinski definition) is 2. The molecule has 2 heterocycles. The number of furan rings is 1. The monoisotopic (exact) mass is 302 g/mol. The van der Waals surface area contributed by atoms with Crippen molar-refractivity contribution < 1.29 is 19.2 Å². The van der Waals surface area contributed by atoms with Crippen LogP contribution in [0.4, 0.5) is 0 Å². The van der Waals surface area contributed by atoms with Gasteiger partial charge in [-0.3, -0.25) is 14.8 Å². The van der Waals surface area contributed by atoms with Gasteiger partial charge in [0, 0.05) is 11.9 Å². The number of fused-ring (bicyclic) bond motifs is 1. The van der Waals surface area contributed by atoms with Crippen LogP contribution in [0, 0.1) is 0 Å². The van der Waals surface area contributed by atoms with Crippen LogP contribution in [0.2, 0.25) is 0 Å². The van der Waals surface area contributed by atoms with E-state index in [2.05, 4.69) is 5.32 Å². The molecule has 0 saturated carbocycles. The van der Waals surface area contributed by atoms with E-state index < -0.39 is 11.9 Å². The fraction of sp³-hybridized carbons (Fsp3) is 0.375. The van der Waals surface area contributed by atoms with Crippen LogP contribution in [0.25, 0.3) is 11.0 Å². The molecule has 2 aromatic rings. The van der Waals surface area contributed by atoms with E-state index in [0.29, 0.717) is 35.6 Å². The lowest BCUT2D eigenvalue weighted by atomic mass is 10.0. The molecule has 116 valence electrons. The van der Waals surface area contributed by atoms with Gasteiger partial charge in [-0.05, 0) is 37.0 Å². The normalized spacial score (nSPS) is 18.7. The molecule has 2 N–H and O–H groups in total. The lowest BCUT2D eigenvalue weighted by Gasteiger charge is -2.27. The molecule has 1 aliphatic rings. The van der Waals surface area contributed by atoms with Crippen molar-refractivity contribution in [3.05, 3.63) is 35.6 Å². The van der Waals surface area contributed by atoms with Crippen molar-refractivity contribution in [2.45, 2.75) is 32.2 Å². The molecule has 1 aromatic carbocycles. The molecule has 6 nitrogen and oxygen atoms in total. The number of nitrogens with one attached hydrogen (secondary N) is 1. The van der Waals surface area contributed by atoms with Gasteiger partial charge in [-0.1, -0.05) is 13.0 Å². The second kappa shape index (κ2) is 5.81. The molecule has 1 fully saturated rings. The Morgan fingerprint density at radius 3 is 3.09 bits per heavy atom. The first-order chi connectivity index (χ1) is 10.6. The van der Waals surface area contributed by atoms with Gasteiger partial charge in [-0.2, -0.15) is 0 Å². The smallest absolute Gasteiger partial charge is 0.268 e. The van der Waals surface area contributed by atoms with E-state index in [1.807, 2.05) is 25.1 Å². The fourth-order valence-electron chi connectivity index (χ4n) is 2.70. The first-order valence-electron chi connectivity index (χ1n) is 7.41. The summed E-state index contributed by atoms with van der Waals surface area (Å²) in [4.78, 5) is 24.2. The summed E-state index contributed by atoms with van der Waals surface area (Å²) in [5.74, 6) is -0.831. The molecule has 0 bridgehead atoms. The van der Waals surface area contributed by atoms with Gasteiger partial charge in [0.2, 0.25) is 0 Å². The van der Waals surface area contributed by atoms with Gasteiger partial charge in [-0.15, -0.1) is 0 Å². The minimum atomic E-state index is -0.689. The summed E-state index contributed by atoms with van der Waals surface area (Å²) in [6.07, 6.45) is 3.45. The summed E-state index contributed by atoms with van der Waals surface area (Å²) in [6, 6.07) is 5.04. The number of aryl methyl sites for hydroxylation is 1. The maximum atomic E-state index is 12.4. The number of hydroxylamine groups is 2. The number of hydrogen-bond acceptors (Lipinski definition) is 4. The van der Waals surface area contributed by atoms with Crippen LogP contribution in [0.3, 0.4) is 0 Å². The van der Waals surface area contributed by atoms with Crippen molar-refractivity contribution in [1.29, 1.82) is 0 Å². The highest BCUT2D eigenvalue weighted by atomic mass is 16.5. The van der Waals surface area contributed by atoms with Crippen molar-refractivity contribution in [1.82, 2.24) is 10.4 Å². The standard InChI is InChI=1S/C16H18N2O4/c1-2-10-5-6-14-11(8-10)12(9-22-14)15(19)17-13-4-3-7-18(21)16(13)20/h5-6,8-9,13,21H,2-4,7H2,1H3,(H,17,19)/t13-/m1/s1. The second-order valence-corrected chi connectivity index (χ2v) is 5.46. The zero-order chi connectivity index (χ0) is 15.7. The van der Waals surface area contributed by atoms with Gasteiger partial charge in [0.25, 0.3) is 11.8 Å². The lowest BCUT2D eigenvalue weighted by Crippen LogP contribution is -2.51. The third kappa shape index (κ3) is 2.57. The van der Waals surface area contributed by atoms with Gasteiger partial charge < -0.3 is 9.73 Å². The predicted octanol–water partition coefficient (Wildman–Crippen LogP) is 2.11. The van der Waals surface area contributed by atoms with E-state index in [0.717, 1.165) is 17.4 Å². The van der Waals surface area contributed by atoms with Crippen molar-refractivity contribution in [2.24, 2.45) is 0 Å². The van der Waals surface area contributed by atoms with Gasteiger partial charge >= 0.3 is 0 Å². The molecule has 1 atom stereocenters. The SMILES string of the molecule is CCc1ccc2occ(C(=O)N[C@@H]3CCCN(O)C3=O)c2c1. The Hall–Kier alpha value is -2.34. The molecular weight excluding hydrogens is 284 g/mol. The van der Waals surface area contributed by atoms with Crippen LogP contribution >= 0.6 is 0 Å². The number of nitrogens with zero attached hydrogens (tertiary/aromatic N) is 1. The average Bonchev–Trinajstić information content (AvgIpc) is 2.94. The van der Waals surface area contributed by atoms with E-state index in [-0.39, 0.29) is 5.91 Å². The van der Waals surface area contributed by atoms with Crippen LogP contribution in [0.15, 0.2) is 28.9 Å². The molecular formula is C16H18N2O4. The van der Waals surface area contributed by atoms with E-state index >= 15 is 0 Å². The Morgan fingerprint density at radius 1 is 1.50 bits per heavy atom. The topological polar surface area (TPSA) is 82.8 Å². The van der Waals surface area contributed by atoms with E-state index in [4.69, 9.17) is 4.42 Å². The highest BCUT2D eigenvalue weighted by Crippen LogP contribution is 2.23. The molecule has 1 saturated heterocycles. The number of piperidine rings is 1. The van der Waals surface area contributed by atoms with E-state index in [9.17, 15) is 14.8 Å². The van der Waals surface area contributed by atoms with Crippen molar-refractivity contribution in [3.63, 3.8) is 0 Å². The summed E-state index contributed by atoms with van der Waals surface area (Å²) in [7, 11) is 0. The van der Waals surface area contributed by atoms with Crippen molar-refractivity contribution >= 4 is 22.8 Å². The molecule has 1 aliphatic heterocycles. The first-order valence-corrected chi connectivity index (χ1v) is 7.41. The number of amides is 2. The first kappa shape index (κ1) is 14.6. The molecule has 2 amide bonds. The average molecular weight is 302 g/mol. The maximum Gasteiger partial charge on any atom is 0.268 e. The Balaban J connectivity index is 1.84. The highest BCUT2D eigenvalue weighted by Gasteiger charge is 2.30. The Morgan fingerprint density at radius 2 is 2.32 bits per heavy atom. The van der Waals surface area contributed by atoms with E-state index in [1.54, 1.807) is 0 Å². The molecule has 3 rings (SSSR count). The fourth-order valence-corrected chi connectivity index (χ4v) is 2.70. The van der Waals surface area contributed by atoms with E-state index in [1.165, 1.54) is 6.26 Å². The molecule has 0 spiro atoms. The third-order valence-corrected chi connectivity index (χ3v) is 4.01. The van der Waals surface area contributed by atoms with Crippen LogP contribution in [-0.2, 0) is 11.2 Å². The summed E-state index contributed by atoms with van der Waals surface area (Å²) in [6.45, 7) is 2.34. The van der Waals surface area contributed by atoms with Crippen LogP contribution in [0.1, 0.15) is 35.7 Å². The molecule has 6 heteroatoms. The molecule has 0 aliphatic carbocycles. The van der Waals surface area contributed by atoms with Gasteiger partial charge in [0.15, 0.2) is 0 Å². The molecule has 1 aromatic heterocycles. The molecule has 0 unspecified atom stereocenters. The summed E-state index contributed by atoms with van der Waals surface area (Å²) in [5, 5.41) is 13.5. The quantitative estimate of drug-likeness (QED) is 0.851. The number of carbonyl (C=O) groups excluding carboxylic acids is 2. The Kier molecular flexibility index (Phi) is 3.85. The number of rotatable bonds is 3. The summed E-state index contributed by atoms with van der Waals surface area (Å²) in [5.41, 5.74) is 2.16. The second-order valence-electron chi connectivity index (χ2n) is 5.46. The third-order valence-electron chi connectivity index (χ3n) is 4.01. The largest absolute Gasteiger partial charge is 0.463 e. The minimum absolute atomic E-state index is 0.305. The van der Waals surface area contributed by atoms with Crippen LogP contribution in [-0.4, -0.2) is 34.7 Å². The minimum Gasteiger partial charge on any atom is -0.463 e. The highest BCUT2D eigenvalue weighted by molar-refractivity contribution is 6.07. The maximum absolute atomic E-state index is 12.4. The lowest BCUT2D eigenvalue weighted by molar-refractivity contribution is -0.172. The summed E-state index contributed by atoms with van der Waals surface area (Å²) >= 11 is 0. The van der Waals surface area contributed by atoms with Gasteiger partial charge in [-0.25, -0.2) is 5.06 Å². The van der Waals surface area contributed by atoms with Crippen LogP contribution < -0.4 is 5.32 Å². The van der Waals surface area contributed by atoms with Crippen molar-refractivity contribution in [3.8, 4) is 0 Å². The van der Waals surface area contributed by atoms with Gasteiger partial charge in [0.05, 0.1) is 5.56 Å². The Labute approximate surface area is 127 Å². The van der Waals surface area contributed by atoms with Crippen LogP contribution in [0.5, 0.6) is 0 Å². The summed E-state index contributed by atoms with van der Waals surface area (Å²) < 4.78 is 5.40. The molecule has 22 heavy (non-hydrogen) atoms. The number of carbonyl (C=O) groups is 2. The zero-order valence-electron chi connectivity index (χ0n) is 12.3. The Bertz CT molecular complexity index is 722. The number of benzene rings is 1.